The number of esters is 1. The van der Waals surface area contributed by atoms with Gasteiger partial charge in [-0.3, -0.25) is 4.79 Å². The predicted octanol–water partition coefficient (Wildman–Crippen LogP) is 2.54. The van der Waals surface area contributed by atoms with Crippen molar-refractivity contribution < 1.29 is 9.53 Å². The van der Waals surface area contributed by atoms with E-state index in [2.05, 4.69) is 19.1 Å². The lowest BCUT2D eigenvalue weighted by atomic mass is 9.79. The second-order valence-corrected chi connectivity index (χ2v) is 4.64. The maximum Gasteiger partial charge on any atom is 0.316 e. The van der Waals surface area contributed by atoms with Crippen molar-refractivity contribution in [1.29, 1.82) is 0 Å². The summed E-state index contributed by atoms with van der Waals surface area (Å²) in [7, 11) is 0. The summed E-state index contributed by atoms with van der Waals surface area (Å²) in [6.45, 7) is 4.75. The van der Waals surface area contributed by atoms with Gasteiger partial charge in [-0.1, -0.05) is 26.0 Å². The predicted molar refractivity (Wildman–Crippen MR) is 54.7 cm³/mol. The molecule has 2 heteroatoms. The molecule has 0 radical (unpaired) electrons. The molecular weight excluding hydrogens is 176 g/mol. The standard InChI is InChI=1S/C12H18O2/c1-3-6-14-11(13)12-5-4-10(8-12)7-9(12)2/h4-5,9-10H,3,6-8H2,1-2H3. The largest absolute Gasteiger partial charge is 0.465 e. The summed E-state index contributed by atoms with van der Waals surface area (Å²) >= 11 is 0. The van der Waals surface area contributed by atoms with Crippen LogP contribution < -0.4 is 0 Å². The van der Waals surface area contributed by atoms with Gasteiger partial charge in [-0.15, -0.1) is 0 Å². The maximum atomic E-state index is 11.9. The van der Waals surface area contributed by atoms with Crippen molar-refractivity contribution >= 4 is 5.97 Å². The quantitative estimate of drug-likeness (QED) is 0.510. The molecule has 0 saturated heterocycles. The summed E-state index contributed by atoms with van der Waals surface area (Å²) in [5.74, 6) is 1.09. The molecule has 78 valence electrons. The fraction of sp³-hybridized carbons (Fsp3) is 0.750. The maximum absolute atomic E-state index is 11.9. The number of hydrogen-bond acceptors (Lipinski definition) is 2. The van der Waals surface area contributed by atoms with E-state index >= 15 is 0 Å². The van der Waals surface area contributed by atoms with Crippen molar-refractivity contribution in [3.63, 3.8) is 0 Å². The molecule has 3 unspecified atom stereocenters. The topological polar surface area (TPSA) is 26.3 Å². The zero-order valence-corrected chi connectivity index (χ0v) is 8.95. The zero-order valence-electron chi connectivity index (χ0n) is 8.95. The third kappa shape index (κ3) is 1.28. The molecule has 2 aliphatic rings. The summed E-state index contributed by atoms with van der Waals surface area (Å²) < 4.78 is 5.28. The molecule has 1 fully saturated rings. The fourth-order valence-corrected chi connectivity index (χ4v) is 2.75. The minimum Gasteiger partial charge on any atom is -0.465 e. The molecule has 0 aliphatic heterocycles. The first-order valence-electron chi connectivity index (χ1n) is 5.55. The van der Waals surface area contributed by atoms with Crippen LogP contribution in [0.25, 0.3) is 0 Å². The highest BCUT2D eigenvalue weighted by Gasteiger charge is 2.52. The SMILES string of the molecule is CCCOC(=O)C12C=CC(CC1C)C2. The lowest BCUT2D eigenvalue weighted by Gasteiger charge is -2.27. The molecular formula is C12H18O2. The Balaban J connectivity index is 2.08. The molecule has 0 aromatic carbocycles. The Morgan fingerprint density at radius 3 is 2.93 bits per heavy atom. The first-order chi connectivity index (χ1) is 6.69. The van der Waals surface area contributed by atoms with Gasteiger partial charge in [0.1, 0.15) is 0 Å². The first-order valence-corrected chi connectivity index (χ1v) is 5.55. The van der Waals surface area contributed by atoms with Crippen molar-refractivity contribution in [3.8, 4) is 0 Å². The van der Waals surface area contributed by atoms with Crippen LogP contribution in [0.3, 0.4) is 0 Å². The van der Waals surface area contributed by atoms with Gasteiger partial charge < -0.3 is 4.74 Å². The average Bonchev–Trinajstić information content (AvgIpc) is 2.71. The fourth-order valence-electron chi connectivity index (χ4n) is 2.75. The van der Waals surface area contributed by atoms with Gasteiger partial charge in [0, 0.05) is 0 Å². The molecule has 2 rings (SSSR count). The molecule has 14 heavy (non-hydrogen) atoms. The van der Waals surface area contributed by atoms with Crippen LogP contribution in [0.15, 0.2) is 12.2 Å². The van der Waals surface area contributed by atoms with E-state index in [1.54, 1.807) is 0 Å². The average molecular weight is 194 g/mol. The van der Waals surface area contributed by atoms with Crippen LogP contribution in [0.2, 0.25) is 0 Å². The highest BCUT2D eigenvalue weighted by molar-refractivity contribution is 5.81. The molecule has 2 aliphatic carbocycles. The minimum absolute atomic E-state index is 0.00287. The van der Waals surface area contributed by atoms with Crippen LogP contribution in [0.5, 0.6) is 0 Å². The lowest BCUT2D eigenvalue weighted by Crippen LogP contribution is -2.33. The monoisotopic (exact) mass is 194 g/mol. The van der Waals surface area contributed by atoms with Gasteiger partial charge in [-0.25, -0.2) is 0 Å². The number of carbonyl (C=O) groups is 1. The van der Waals surface area contributed by atoms with E-state index in [4.69, 9.17) is 4.74 Å². The molecule has 1 saturated carbocycles. The van der Waals surface area contributed by atoms with Crippen molar-refractivity contribution in [2.24, 2.45) is 17.3 Å². The van der Waals surface area contributed by atoms with Crippen molar-refractivity contribution in [2.45, 2.75) is 33.1 Å². The molecule has 2 nitrogen and oxygen atoms in total. The van der Waals surface area contributed by atoms with Gasteiger partial charge >= 0.3 is 5.97 Å². The molecule has 2 bridgehead atoms. The summed E-state index contributed by atoms with van der Waals surface area (Å²) in [5.41, 5.74) is -0.264. The molecule has 0 amide bonds. The summed E-state index contributed by atoms with van der Waals surface area (Å²) in [4.78, 5) is 11.9. The van der Waals surface area contributed by atoms with Crippen LogP contribution in [-0.4, -0.2) is 12.6 Å². The smallest absolute Gasteiger partial charge is 0.316 e. The molecule has 0 spiro atoms. The number of hydrogen-bond donors (Lipinski definition) is 0. The van der Waals surface area contributed by atoms with Gasteiger partial charge in [-0.2, -0.15) is 0 Å². The molecule has 0 heterocycles. The molecule has 0 N–H and O–H groups in total. The van der Waals surface area contributed by atoms with Gasteiger partial charge in [0.15, 0.2) is 0 Å². The van der Waals surface area contributed by atoms with Gasteiger partial charge in [0.2, 0.25) is 0 Å². The molecule has 3 atom stereocenters. The van der Waals surface area contributed by atoms with Crippen LogP contribution in [0, 0.1) is 17.3 Å². The Labute approximate surface area is 85.3 Å². The van der Waals surface area contributed by atoms with Gasteiger partial charge in [0.25, 0.3) is 0 Å². The Hall–Kier alpha value is -0.790. The highest BCUT2D eigenvalue weighted by Crippen LogP contribution is 2.53. The van der Waals surface area contributed by atoms with Crippen molar-refractivity contribution in [2.75, 3.05) is 6.61 Å². The molecule has 0 aromatic heterocycles. The third-order valence-electron chi connectivity index (χ3n) is 3.62. The van der Waals surface area contributed by atoms with E-state index in [9.17, 15) is 4.79 Å². The summed E-state index contributed by atoms with van der Waals surface area (Å²) in [6.07, 6.45) is 7.31. The molecule has 0 aromatic rings. The van der Waals surface area contributed by atoms with Gasteiger partial charge in [0.05, 0.1) is 12.0 Å². The number of allylic oxidation sites excluding steroid dienone is 1. The van der Waals surface area contributed by atoms with E-state index in [1.165, 1.54) is 0 Å². The van der Waals surface area contributed by atoms with Crippen molar-refractivity contribution in [3.05, 3.63) is 12.2 Å². The number of ether oxygens (including phenoxy) is 1. The van der Waals surface area contributed by atoms with E-state index in [0.29, 0.717) is 18.4 Å². The van der Waals surface area contributed by atoms with Crippen molar-refractivity contribution in [1.82, 2.24) is 0 Å². The van der Waals surface area contributed by atoms with Crippen LogP contribution >= 0.6 is 0 Å². The number of carbonyl (C=O) groups excluding carboxylic acids is 1. The first kappa shape index (κ1) is 9.75. The zero-order chi connectivity index (χ0) is 10.2. The minimum atomic E-state index is -0.264. The second-order valence-electron chi connectivity index (χ2n) is 4.64. The van der Waals surface area contributed by atoms with E-state index in [-0.39, 0.29) is 11.4 Å². The van der Waals surface area contributed by atoms with Gasteiger partial charge in [-0.05, 0) is 31.1 Å². The summed E-state index contributed by atoms with van der Waals surface area (Å²) in [6, 6.07) is 0. The Morgan fingerprint density at radius 1 is 1.64 bits per heavy atom. The van der Waals surface area contributed by atoms with Crippen LogP contribution in [0.4, 0.5) is 0 Å². The Kier molecular flexibility index (Phi) is 2.38. The number of rotatable bonds is 3. The lowest BCUT2D eigenvalue weighted by molar-refractivity contribution is -0.154. The number of fused-ring (bicyclic) bond motifs is 2. The van der Waals surface area contributed by atoms with E-state index < -0.39 is 0 Å². The third-order valence-corrected chi connectivity index (χ3v) is 3.62. The summed E-state index contributed by atoms with van der Waals surface area (Å²) in [5, 5.41) is 0. The highest BCUT2D eigenvalue weighted by atomic mass is 16.5. The van der Waals surface area contributed by atoms with Crippen LogP contribution in [0.1, 0.15) is 33.1 Å². The Bertz CT molecular complexity index is 269. The normalized spacial score (nSPS) is 39.0. The second kappa shape index (κ2) is 3.41. The Morgan fingerprint density at radius 2 is 2.43 bits per heavy atom. The van der Waals surface area contributed by atoms with Crippen LogP contribution in [-0.2, 0) is 9.53 Å². The van der Waals surface area contributed by atoms with E-state index in [0.717, 1.165) is 19.3 Å². The van der Waals surface area contributed by atoms with E-state index in [1.807, 2.05) is 6.92 Å².